The van der Waals surface area contributed by atoms with E-state index in [1.807, 2.05) is 29.2 Å². The highest BCUT2D eigenvalue weighted by molar-refractivity contribution is 5.83. The Bertz CT molecular complexity index is 808. The van der Waals surface area contributed by atoms with Gasteiger partial charge < -0.3 is 18.8 Å². The molecule has 4 unspecified atom stereocenters. The maximum absolute atomic E-state index is 14.0. The minimum absolute atomic E-state index is 0.116. The minimum Gasteiger partial charge on any atom is -0.467 e. The second-order valence-corrected chi connectivity index (χ2v) is 9.69. The summed E-state index contributed by atoms with van der Waals surface area (Å²) < 4.78 is 11.1. The third-order valence-electron chi connectivity index (χ3n) is 7.50. The summed E-state index contributed by atoms with van der Waals surface area (Å²) in [5, 5.41) is 11.3. The van der Waals surface area contributed by atoms with Crippen molar-refractivity contribution < 1.29 is 18.7 Å². The Morgan fingerprint density at radius 3 is 2.29 bits per heavy atom. The van der Waals surface area contributed by atoms with Crippen molar-refractivity contribution in [3.63, 3.8) is 0 Å². The zero-order valence-corrected chi connectivity index (χ0v) is 16.5. The van der Waals surface area contributed by atoms with E-state index in [0.717, 1.165) is 50.0 Å². The number of hydrogen-bond donors (Lipinski definition) is 1. The van der Waals surface area contributed by atoms with Gasteiger partial charge in [-0.05, 0) is 74.1 Å². The predicted octanol–water partition coefficient (Wildman–Crippen LogP) is 4.51. The van der Waals surface area contributed by atoms with Gasteiger partial charge in [0.15, 0.2) is 0 Å². The smallest absolute Gasteiger partial charge is 0.229 e. The minimum atomic E-state index is -0.674. The third-order valence-corrected chi connectivity index (χ3v) is 7.50. The molecule has 0 saturated heterocycles. The highest BCUT2D eigenvalue weighted by Crippen LogP contribution is 2.68. The van der Waals surface area contributed by atoms with Crippen molar-refractivity contribution >= 4 is 5.91 Å². The van der Waals surface area contributed by atoms with Gasteiger partial charge in [-0.3, -0.25) is 4.79 Å². The van der Waals surface area contributed by atoms with Crippen LogP contribution in [0.3, 0.4) is 0 Å². The molecule has 0 spiro atoms. The quantitative estimate of drug-likeness (QED) is 0.797. The van der Waals surface area contributed by atoms with Crippen LogP contribution in [0.2, 0.25) is 0 Å². The van der Waals surface area contributed by atoms with Gasteiger partial charge in [-0.15, -0.1) is 0 Å². The van der Waals surface area contributed by atoms with E-state index < -0.39 is 11.0 Å². The van der Waals surface area contributed by atoms with Gasteiger partial charge in [0.1, 0.15) is 11.5 Å². The largest absolute Gasteiger partial charge is 0.467 e. The van der Waals surface area contributed by atoms with E-state index in [2.05, 4.69) is 6.92 Å². The molecule has 0 aromatic carbocycles. The molecule has 0 radical (unpaired) electrons. The van der Waals surface area contributed by atoms with Gasteiger partial charge in [0, 0.05) is 0 Å². The van der Waals surface area contributed by atoms with Gasteiger partial charge in [-0.2, -0.15) is 0 Å². The molecule has 1 amide bonds. The maximum atomic E-state index is 14.0. The van der Waals surface area contributed by atoms with Crippen molar-refractivity contribution in [3.8, 4) is 0 Å². The van der Waals surface area contributed by atoms with Crippen LogP contribution in [-0.2, 0) is 17.9 Å². The molecule has 5 nitrogen and oxygen atoms in total. The Labute approximate surface area is 165 Å². The summed E-state index contributed by atoms with van der Waals surface area (Å²) in [6.07, 6.45) is 9.62. The number of furan rings is 2. The molecule has 4 saturated carbocycles. The second-order valence-electron chi connectivity index (χ2n) is 9.69. The lowest BCUT2D eigenvalue weighted by molar-refractivity contribution is -0.210. The van der Waals surface area contributed by atoms with Crippen molar-refractivity contribution in [2.24, 2.45) is 16.7 Å². The van der Waals surface area contributed by atoms with Crippen LogP contribution in [0.25, 0.3) is 0 Å². The van der Waals surface area contributed by atoms with E-state index >= 15 is 0 Å². The number of carbonyl (C=O) groups is 1. The molecule has 2 heterocycles. The van der Waals surface area contributed by atoms with Crippen molar-refractivity contribution in [1.29, 1.82) is 0 Å². The molecular formula is C23H29NO4. The fourth-order valence-electron chi connectivity index (χ4n) is 6.93. The maximum Gasteiger partial charge on any atom is 0.229 e. The lowest BCUT2D eigenvalue weighted by Gasteiger charge is -2.64. The molecule has 6 rings (SSSR count). The first kappa shape index (κ1) is 18.0. The van der Waals surface area contributed by atoms with Crippen LogP contribution < -0.4 is 0 Å². The summed E-state index contributed by atoms with van der Waals surface area (Å²) >= 11 is 0. The number of nitrogens with zero attached hydrogens (tertiary/aromatic N) is 1. The van der Waals surface area contributed by atoms with E-state index in [9.17, 15) is 9.90 Å². The number of hydrogen-bond acceptors (Lipinski definition) is 4. The Morgan fingerprint density at radius 2 is 1.75 bits per heavy atom. The highest BCUT2D eigenvalue weighted by atomic mass is 16.3. The Morgan fingerprint density at radius 1 is 1.07 bits per heavy atom. The van der Waals surface area contributed by atoms with Crippen molar-refractivity contribution in [3.05, 3.63) is 48.3 Å². The molecule has 0 aliphatic heterocycles. The standard InChI is InChI=1S/C23H29NO4/c1-2-21-9-17-10-22(14-21,16-23(26,11-17)15-21)20(25)24(12-18-5-3-7-27-18)13-19-6-4-8-28-19/h3-8,17,26H,2,9-16H2,1H3. The summed E-state index contributed by atoms with van der Waals surface area (Å²) in [7, 11) is 0. The van der Waals surface area contributed by atoms with E-state index in [-0.39, 0.29) is 11.3 Å². The predicted molar refractivity (Wildman–Crippen MR) is 103 cm³/mol. The van der Waals surface area contributed by atoms with Crippen molar-refractivity contribution in [1.82, 2.24) is 4.90 Å². The average Bonchev–Trinajstić information content (AvgIpc) is 3.32. The Hall–Kier alpha value is -2.01. The third kappa shape index (κ3) is 2.91. The first-order valence-electron chi connectivity index (χ1n) is 10.5. The van der Waals surface area contributed by atoms with Crippen LogP contribution in [0.5, 0.6) is 0 Å². The van der Waals surface area contributed by atoms with Gasteiger partial charge in [-0.1, -0.05) is 13.3 Å². The average molecular weight is 383 g/mol. The second kappa shape index (κ2) is 6.24. The SMILES string of the molecule is CCC12CC3CC(O)(C1)CC(C(=O)N(Cc1ccco1)Cc1ccco1)(C3)C2. The number of rotatable bonds is 6. The van der Waals surface area contributed by atoms with Crippen LogP contribution >= 0.6 is 0 Å². The normalized spacial score (nSPS) is 36.0. The number of carbonyl (C=O) groups excluding carboxylic acids is 1. The number of amides is 1. The zero-order valence-electron chi connectivity index (χ0n) is 16.5. The molecular weight excluding hydrogens is 354 g/mol. The monoisotopic (exact) mass is 383 g/mol. The lowest BCUT2D eigenvalue weighted by atomic mass is 9.42. The van der Waals surface area contributed by atoms with Crippen LogP contribution in [-0.4, -0.2) is 21.5 Å². The molecule has 4 aliphatic carbocycles. The zero-order chi connectivity index (χ0) is 19.4. The van der Waals surface area contributed by atoms with Crippen molar-refractivity contribution in [2.75, 3.05) is 0 Å². The summed E-state index contributed by atoms with van der Waals surface area (Å²) in [5.74, 6) is 2.15. The van der Waals surface area contributed by atoms with Crippen LogP contribution in [0, 0.1) is 16.7 Å². The Kier molecular flexibility index (Phi) is 4.02. The van der Waals surface area contributed by atoms with E-state index in [4.69, 9.17) is 8.83 Å². The van der Waals surface area contributed by atoms with Gasteiger partial charge >= 0.3 is 0 Å². The molecule has 2 aromatic heterocycles. The van der Waals surface area contributed by atoms with Crippen LogP contribution in [0.1, 0.15) is 63.4 Å². The molecule has 150 valence electrons. The molecule has 5 heteroatoms. The van der Waals surface area contributed by atoms with Gasteiger partial charge in [0.25, 0.3) is 0 Å². The summed E-state index contributed by atoms with van der Waals surface area (Å²) in [6.45, 7) is 3.07. The molecule has 4 atom stereocenters. The van der Waals surface area contributed by atoms with E-state index in [1.54, 1.807) is 12.5 Å². The fourth-order valence-corrected chi connectivity index (χ4v) is 6.93. The lowest BCUT2D eigenvalue weighted by Crippen LogP contribution is -2.64. The number of aliphatic hydroxyl groups is 1. The molecule has 4 fully saturated rings. The summed E-state index contributed by atoms with van der Waals surface area (Å²) in [6, 6.07) is 7.52. The van der Waals surface area contributed by atoms with Crippen LogP contribution in [0.15, 0.2) is 45.6 Å². The fraction of sp³-hybridized carbons (Fsp3) is 0.609. The van der Waals surface area contributed by atoms with Gasteiger partial charge in [0.05, 0.1) is 36.6 Å². The first-order valence-corrected chi connectivity index (χ1v) is 10.5. The summed E-state index contributed by atoms with van der Waals surface area (Å²) in [5.41, 5.74) is -1.01. The summed E-state index contributed by atoms with van der Waals surface area (Å²) in [4.78, 5) is 15.9. The molecule has 1 N–H and O–H groups in total. The Balaban J connectivity index is 1.47. The van der Waals surface area contributed by atoms with E-state index in [0.29, 0.717) is 25.4 Å². The van der Waals surface area contributed by atoms with E-state index in [1.165, 1.54) is 0 Å². The first-order chi connectivity index (χ1) is 13.4. The van der Waals surface area contributed by atoms with Crippen LogP contribution in [0.4, 0.5) is 0 Å². The molecule has 4 bridgehead atoms. The molecule has 2 aromatic rings. The van der Waals surface area contributed by atoms with Gasteiger partial charge in [0.2, 0.25) is 5.91 Å². The topological polar surface area (TPSA) is 66.8 Å². The molecule has 4 aliphatic rings. The highest BCUT2D eigenvalue weighted by Gasteiger charge is 2.65. The van der Waals surface area contributed by atoms with Crippen molar-refractivity contribution in [2.45, 2.75) is 70.6 Å². The molecule has 28 heavy (non-hydrogen) atoms. The van der Waals surface area contributed by atoms with Gasteiger partial charge in [-0.25, -0.2) is 0 Å².